The number of aliphatic hydroxyl groups excluding tert-OH is 1. The highest BCUT2D eigenvalue weighted by atomic mass is 35.5. The number of hydrogen-bond donors (Lipinski definition) is 2. The normalized spacial score (nSPS) is 29.2. The Morgan fingerprint density at radius 2 is 2.05 bits per heavy atom. The first kappa shape index (κ1) is 14.8. The van der Waals surface area contributed by atoms with Crippen LogP contribution in [-0.2, 0) is 6.42 Å². The zero-order valence-corrected chi connectivity index (χ0v) is 11.8. The molecule has 1 unspecified atom stereocenters. The van der Waals surface area contributed by atoms with E-state index in [4.69, 9.17) is 11.6 Å². The first-order chi connectivity index (χ1) is 8.92. The summed E-state index contributed by atoms with van der Waals surface area (Å²) in [7, 11) is 0. The summed E-state index contributed by atoms with van der Waals surface area (Å²) in [5, 5.41) is 21.0. The van der Waals surface area contributed by atoms with Gasteiger partial charge in [-0.25, -0.2) is 4.39 Å². The average Bonchev–Trinajstić information content (AvgIpc) is 2.37. The molecule has 1 fully saturated rings. The van der Waals surface area contributed by atoms with Crippen LogP contribution in [0.3, 0.4) is 0 Å². The van der Waals surface area contributed by atoms with Crippen molar-refractivity contribution in [3.63, 3.8) is 0 Å². The van der Waals surface area contributed by atoms with Crippen LogP contribution in [-0.4, -0.2) is 21.9 Å². The Balaban J connectivity index is 2.10. The second-order valence-electron chi connectivity index (χ2n) is 5.71. The lowest BCUT2D eigenvalue weighted by Crippen LogP contribution is -2.46. The van der Waals surface area contributed by atoms with Gasteiger partial charge in [-0.1, -0.05) is 24.6 Å². The highest BCUT2D eigenvalue weighted by molar-refractivity contribution is 6.31. The molecule has 1 aromatic rings. The predicted molar refractivity (Wildman–Crippen MR) is 73.7 cm³/mol. The number of benzene rings is 1. The third-order valence-electron chi connectivity index (χ3n) is 4.22. The van der Waals surface area contributed by atoms with Crippen molar-refractivity contribution in [1.29, 1.82) is 0 Å². The van der Waals surface area contributed by atoms with E-state index in [0.717, 1.165) is 12.8 Å². The minimum atomic E-state index is -1.11. The molecule has 2 N–H and O–H groups in total. The molecule has 106 valence electrons. The summed E-state index contributed by atoms with van der Waals surface area (Å²) in [5.41, 5.74) is -0.832. The molecule has 0 amide bonds. The number of hydrogen-bond acceptors (Lipinski definition) is 2. The predicted octanol–water partition coefficient (Wildman–Crippen LogP) is 3.32. The molecule has 4 heteroatoms. The zero-order chi connectivity index (χ0) is 14.0. The molecule has 0 radical (unpaired) electrons. The Hall–Kier alpha value is -0.640. The molecule has 1 aliphatic rings. The van der Waals surface area contributed by atoms with Gasteiger partial charge < -0.3 is 10.2 Å². The lowest BCUT2D eigenvalue weighted by atomic mass is 9.75. The smallest absolute Gasteiger partial charge is 0.127 e. The molecular weight excluding hydrogens is 267 g/mol. The van der Waals surface area contributed by atoms with E-state index in [9.17, 15) is 14.6 Å². The van der Waals surface area contributed by atoms with Crippen LogP contribution in [0.4, 0.5) is 4.39 Å². The highest BCUT2D eigenvalue weighted by Gasteiger charge is 2.39. The molecule has 0 aliphatic heterocycles. The molecule has 2 rings (SSSR count). The monoisotopic (exact) mass is 286 g/mol. The van der Waals surface area contributed by atoms with E-state index >= 15 is 0 Å². The summed E-state index contributed by atoms with van der Waals surface area (Å²) in [6, 6.07) is 4.45. The van der Waals surface area contributed by atoms with Gasteiger partial charge in [0.25, 0.3) is 0 Å². The molecule has 19 heavy (non-hydrogen) atoms. The van der Waals surface area contributed by atoms with Gasteiger partial charge in [-0.05, 0) is 43.7 Å². The van der Waals surface area contributed by atoms with Crippen molar-refractivity contribution in [2.75, 3.05) is 0 Å². The summed E-state index contributed by atoms with van der Waals surface area (Å²) in [5.74, 6) is 0.142. The van der Waals surface area contributed by atoms with Gasteiger partial charge in [0.2, 0.25) is 0 Å². The van der Waals surface area contributed by atoms with Crippen LogP contribution in [0, 0.1) is 11.7 Å². The molecule has 2 nitrogen and oxygen atoms in total. The Labute approximate surface area is 118 Å². The molecular formula is C15H20ClFO2. The summed E-state index contributed by atoms with van der Waals surface area (Å²) >= 11 is 5.95. The van der Waals surface area contributed by atoms with Crippen LogP contribution in [0.2, 0.25) is 5.02 Å². The lowest BCUT2D eigenvalue weighted by molar-refractivity contribution is -0.102. The summed E-state index contributed by atoms with van der Waals surface area (Å²) < 4.78 is 13.7. The van der Waals surface area contributed by atoms with E-state index in [2.05, 4.69) is 6.92 Å². The van der Waals surface area contributed by atoms with Gasteiger partial charge in [0.1, 0.15) is 5.82 Å². The van der Waals surface area contributed by atoms with Crippen LogP contribution in [0.1, 0.15) is 38.2 Å². The number of halogens is 2. The number of rotatable bonds is 3. The minimum Gasteiger partial charge on any atom is -0.390 e. The maximum absolute atomic E-state index is 13.7. The summed E-state index contributed by atoms with van der Waals surface area (Å²) in [4.78, 5) is 0. The molecule has 1 aromatic carbocycles. The quantitative estimate of drug-likeness (QED) is 0.895. The minimum absolute atomic E-state index is 0.0520. The maximum Gasteiger partial charge on any atom is 0.127 e. The molecule has 0 aromatic heterocycles. The first-order valence-electron chi connectivity index (χ1n) is 6.76. The third kappa shape index (κ3) is 3.28. The van der Waals surface area contributed by atoms with Crippen molar-refractivity contribution in [3.05, 3.63) is 34.6 Å². The molecule has 0 spiro atoms. The van der Waals surface area contributed by atoms with E-state index in [1.54, 1.807) is 6.07 Å². The summed E-state index contributed by atoms with van der Waals surface area (Å²) in [6.07, 6.45) is 1.96. The van der Waals surface area contributed by atoms with Crippen molar-refractivity contribution in [2.24, 2.45) is 5.92 Å². The molecule has 1 atom stereocenters. The Morgan fingerprint density at radius 1 is 1.42 bits per heavy atom. The van der Waals surface area contributed by atoms with Gasteiger partial charge >= 0.3 is 0 Å². The van der Waals surface area contributed by atoms with Crippen molar-refractivity contribution >= 4 is 11.6 Å². The van der Waals surface area contributed by atoms with E-state index in [1.807, 2.05) is 0 Å². The first-order valence-corrected chi connectivity index (χ1v) is 7.13. The summed E-state index contributed by atoms with van der Waals surface area (Å²) in [6.45, 7) is 2.14. The Morgan fingerprint density at radius 3 is 2.63 bits per heavy atom. The van der Waals surface area contributed by atoms with Crippen LogP contribution >= 0.6 is 11.6 Å². The maximum atomic E-state index is 13.7. The van der Waals surface area contributed by atoms with Crippen LogP contribution < -0.4 is 0 Å². The lowest BCUT2D eigenvalue weighted by Gasteiger charge is -2.38. The van der Waals surface area contributed by atoms with E-state index < -0.39 is 17.5 Å². The van der Waals surface area contributed by atoms with Crippen LogP contribution in [0.5, 0.6) is 0 Å². The van der Waals surface area contributed by atoms with Crippen molar-refractivity contribution in [1.82, 2.24) is 0 Å². The largest absolute Gasteiger partial charge is 0.390 e. The van der Waals surface area contributed by atoms with E-state index in [-0.39, 0.29) is 12.0 Å². The van der Waals surface area contributed by atoms with E-state index in [0.29, 0.717) is 23.8 Å². The third-order valence-corrected chi connectivity index (χ3v) is 4.57. The average molecular weight is 287 g/mol. The Kier molecular flexibility index (Phi) is 4.49. The SMILES string of the molecule is CC1CCC(O)(C(O)Cc2c(F)cccc2Cl)CC1. The van der Waals surface area contributed by atoms with Gasteiger partial charge in [-0.2, -0.15) is 0 Å². The molecule has 0 bridgehead atoms. The molecule has 0 heterocycles. The zero-order valence-electron chi connectivity index (χ0n) is 11.1. The standard InChI is InChI=1S/C15H20ClFO2/c1-10-5-7-15(19,8-6-10)14(18)9-11-12(16)3-2-4-13(11)17/h2-4,10,14,18-19H,5-9H2,1H3. The van der Waals surface area contributed by atoms with Gasteiger partial charge in [-0.15, -0.1) is 0 Å². The van der Waals surface area contributed by atoms with Crippen molar-refractivity contribution in [3.8, 4) is 0 Å². The van der Waals surface area contributed by atoms with Crippen LogP contribution in [0.25, 0.3) is 0 Å². The van der Waals surface area contributed by atoms with Gasteiger partial charge in [-0.3, -0.25) is 0 Å². The second-order valence-corrected chi connectivity index (χ2v) is 6.11. The topological polar surface area (TPSA) is 40.5 Å². The fraction of sp³-hybridized carbons (Fsp3) is 0.600. The second kappa shape index (κ2) is 5.78. The van der Waals surface area contributed by atoms with Crippen molar-refractivity contribution in [2.45, 2.75) is 50.7 Å². The fourth-order valence-corrected chi connectivity index (χ4v) is 2.95. The molecule has 0 saturated heterocycles. The fourth-order valence-electron chi connectivity index (χ4n) is 2.71. The Bertz CT molecular complexity index is 422. The highest BCUT2D eigenvalue weighted by Crippen LogP contribution is 2.36. The molecule has 1 aliphatic carbocycles. The van der Waals surface area contributed by atoms with Crippen LogP contribution in [0.15, 0.2) is 18.2 Å². The van der Waals surface area contributed by atoms with Gasteiger partial charge in [0, 0.05) is 17.0 Å². The van der Waals surface area contributed by atoms with Crippen molar-refractivity contribution < 1.29 is 14.6 Å². The van der Waals surface area contributed by atoms with E-state index in [1.165, 1.54) is 12.1 Å². The molecule has 1 saturated carbocycles. The van der Waals surface area contributed by atoms with Gasteiger partial charge in [0.05, 0.1) is 11.7 Å². The van der Waals surface area contributed by atoms with Gasteiger partial charge in [0.15, 0.2) is 0 Å². The number of aliphatic hydroxyl groups is 2.